The summed E-state index contributed by atoms with van der Waals surface area (Å²) in [5.41, 5.74) is 3.15. The quantitative estimate of drug-likeness (QED) is 0.777. The number of aromatic nitrogens is 2. The minimum Gasteiger partial charge on any atom is -0.351 e. The minimum atomic E-state index is -0.336. The number of rotatable bonds is 7. The molecule has 7 nitrogen and oxygen atoms in total. The van der Waals surface area contributed by atoms with Gasteiger partial charge in [-0.2, -0.15) is 10.2 Å². The van der Waals surface area contributed by atoms with Gasteiger partial charge in [-0.1, -0.05) is 19.1 Å². The Hall–Kier alpha value is -3.03. The van der Waals surface area contributed by atoms with Crippen molar-refractivity contribution in [3.05, 3.63) is 53.1 Å². The van der Waals surface area contributed by atoms with E-state index < -0.39 is 0 Å². The molecule has 1 atom stereocenters. The molecule has 29 heavy (non-hydrogen) atoms. The number of carbonyl (C=O) groups is 2. The zero-order valence-corrected chi connectivity index (χ0v) is 17.0. The Morgan fingerprint density at radius 1 is 1.24 bits per heavy atom. The summed E-state index contributed by atoms with van der Waals surface area (Å²) in [5, 5.41) is 12.9. The van der Waals surface area contributed by atoms with Crippen LogP contribution in [0.5, 0.6) is 0 Å². The zero-order valence-electron chi connectivity index (χ0n) is 17.0. The van der Waals surface area contributed by atoms with Gasteiger partial charge in [0.1, 0.15) is 11.5 Å². The molecule has 154 valence electrons. The number of nitrogens with zero attached hydrogens (tertiary/aromatic N) is 4. The van der Waals surface area contributed by atoms with Crippen molar-refractivity contribution in [3.8, 4) is 0 Å². The van der Waals surface area contributed by atoms with Crippen LogP contribution in [0.3, 0.4) is 0 Å². The van der Waals surface area contributed by atoms with Gasteiger partial charge in [0.2, 0.25) is 5.91 Å². The number of aryl methyl sites for hydroxylation is 2. The first-order valence-electron chi connectivity index (χ1n) is 9.73. The van der Waals surface area contributed by atoms with Crippen molar-refractivity contribution in [1.82, 2.24) is 20.1 Å². The van der Waals surface area contributed by atoms with E-state index in [1.165, 1.54) is 17.1 Å². The highest BCUT2D eigenvalue weighted by atomic mass is 19.1. The van der Waals surface area contributed by atoms with Crippen molar-refractivity contribution in [2.45, 2.75) is 46.7 Å². The van der Waals surface area contributed by atoms with E-state index in [9.17, 15) is 14.0 Å². The molecule has 3 rings (SSSR count). The normalized spacial score (nSPS) is 15.2. The third-order valence-electron chi connectivity index (χ3n) is 4.81. The third-order valence-corrected chi connectivity index (χ3v) is 4.81. The Kier molecular flexibility index (Phi) is 6.41. The van der Waals surface area contributed by atoms with Gasteiger partial charge in [-0.05, 0) is 43.5 Å². The molecule has 0 aliphatic carbocycles. The lowest BCUT2D eigenvalue weighted by molar-refractivity contribution is -0.132. The van der Waals surface area contributed by atoms with Crippen LogP contribution >= 0.6 is 0 Å². The molecule has 2 amide bonds. The average molecular weight is 399 g/mol. The van der Waals surface area contributed by atoms with Crippen molar-refractivity contribution in [2.75, 3.05) is 6.54 Å². The van der Waals surface area contributed by atoms with Gasteiger partial charge in [-0.15, -0.1) is 0 Å². The van der Waals surface area contributed by atoms with Crippen LogP contribution in [0.1, 0.15) is 36.7 Å². The highest BCUT2D eigenvalue weighted by Gasteiger charge is 2.24. The fourth-order valence-corrected chi connectivity index (χ4v) is 3.24. The Bertz CT molecular complexity index is 920. The highest BCUT2D eigenvalue weighted by Crippen LogP contribution is 2.14. The van der Waals surface area contributed by atoms with Gasteiger partial charge in [0.05, 0.1) is 12.2 Å². The monoisotopic (exact) mass is 399 g/mol. The lowest BCUT2D eigenvalue weighted by Gasteiger charge is -2.23. The Morgan fingerprint density at radius 2 is 1.97 bits per heavy atom. The van der Waals surface area contributed by atoms with Crippen LogP contribution < -0.4 is 5.32 Å². The molecule has 0 radical (unpaired) electrons. The van der Waals surface area contributed by atoms with Crippen molar-refractivity contribution < 1.29 is 14.0 Å². The minimum absolute atomic E-state index is 0.149. The zero-order chi connectivity index (χ0) is 21.0. The van der Waals surface area contributed by atoms with Gasteiger partial charge in [0.25, 0.3) is 5.91 Å². The summed E-state index contributed by atoms with van der Waals surface area (Å²) < 4.78 is 15.0. The SMILES string of the molecule is Cc1cc(C)n(CC(C)CNC(=O)C2=NN(Cc3ccc(F)cc3)C(=O)CC2)n1. The number of benzene rings is 1. The molecule has 8 heteroatoms. The lowest BCUT2D eigenvalue weighted by Crippen LogP contribution is -2.40. The number of nitrogens with one attached hydrogen (secondary N) is 1. The van der Waals surface area contributed by atoms with E-state index in [0.717, 1.165) is 17.0 Å². The van der Waals surface area contributed by atoms with E-state index in [0.29, 0.717) is 25.2 Å². The molecule has 1 unspecified atom stereocenters. The van der Waals surface area contributed by atoms with E-state index in [2.05, 4.69) is 15.5 Å². The largest absolute Gasteiger partial charge is 0.351 e. The van der Waals surface area contributed by atoms with Crippen LogP contribution in [0.2, 0.25) is 0 Å². The molecule has 0 bridgehead atoms. The van der Waals surface area contributed by atoms with Gasteiger partial charge in [0.15, 0.2) is 0 Å². The van der Waals surface area contributed by atoms with E-state index in [4.69, 9.17) is 0 Å². The second-order valence-electron chi connectivity index (χ2n) is 7.55. The molecule has 1 aromatic carbocycles. The van der Waals surface area contributed by atoms with Crippen LogP contribution in [-0.2, 0) is 22.7 Å². The molecule has 0 fully saturated rings. The molecule has 2 heterocycles. The van der Waals surface area contributed by atoms with Crippen molar-refractivity contribution in [2.24, 2.45) is 11.0 Å². The van der Waals surface area contributed by atoms with E-state index in [1.54, 1.807) is 12.1 Å². The van der Waals surface area contributed by atoms with Gasteiger partial charge in [0, 0.05) is 31.6 Å². The lowest BCUT2D eigenvalue weighted by atomic mass is 10.1. The maximum Gasteiger partial charge on any atom is 0.267 e. The van der Waals surface area contributed by atoms with Crippen LogP contribution in [0, 0.1) is 25.6 Å². The summed E-state index contributed by atoms with van der Waals surface area (Å²) in [6.07, 6.45) is 0.547. The summed E-state index contributed by atoms with van der Waals surface area (Å²) in [6.45, 7) is 7.42. The molecule has 0 saturated carbocycles. The number of hydrogen-bond donors (Lipinski definition) is 1. The second kappa shape index (κ2) is 8.98. The van der Waals surface area contributed by atoms with Crippen molar-refractivity contribution in [3.63, 3.8) is 0 Å². The second-order valence-corrected chi connectivity index (χ2v) is 7.55. The average Bonchev–Trinajstić information content (AvgIpc) is 3.00. The molecule has 2 aromatic rings. The van der Waals surface area contributed by atoms with Gasteiger partial charge in [-0.3, -0.25) is 14.3 Å². The fraction of sp³-hybridized carbons (Fsp3) is 0.429. The Labute approximate surface area is 169 Å². The number of hydrogen-bond acceptors (Lipinski definition) is 4. The van der Waals surface area contributed by atoms with E-state index >= 15 is 0 Å². The van der Waals surface area contributed by atoms with Crippen molar-refractivity contribution in [1.29, 1.82) is 0 Å². The first-order chi connectivity index (χ1) is 13.8. The molecule has 1 N–H and O–H groups in total. The molecular weight excluding hydrogens is 373 g/mol. The molecule has 0 saturated heterocycles. The summed E-state index contributed by atoms with van der Waals surface area (Å²) >= 11 is 0. The number of hydrazone groups is 1. The number of amides is 2. The van der Waals surface area contributed by atoms with Crippen LogP contribution in [0.15, 0.2) is 35.4 Å². The first-order valence-corrected chi connectivity index (χ1v) is 9.73. The first kappa shape index (κ1) is 20.7. The van der Waals surface area contributed by atoms with Gasteiger partial charge < -0.3 is 5.32 Å². The summed E-state index contributed by atoms with van der Waals surface area (Å²) in [6, 6.07) is 7.91. The molecular formula is C21H26FN5O2. The third kappa shape index (κ3) is 5.49. The maximum absolute atomic E-state index is 13.1. The van der Waals surface area contributed by atoms with Crippen LogP contribution in [0.25, 0.3) is 0 Å². The number of halogens is 1. The topological polar surface area (TPSA) is 79.6 Å². The van der Waals surface area contributed by atoms with E-state index in [1.807, 2.05) is 31.5 Å². The van der Waals surface area contributed by atoms with E-state index in [-0.39, 0.29) is 36.5 Å². The van der Waals surface area contributed by atoms with Crippen LogP contribution in [-0.4, -0.2) is 38.9 Å². The fourth-order valence-electron chi connectivity index (χ4n) is 3.24. The molecule has 1 aromatic heterocycles. The van der Waals surface area contributed by atoms with Gasteiger partial charge in [-0.25, -0.2) is 9.40 Å². The van der Waals surface area contributed by atoms with Crippen LogP contribution in [0.4, 0.5) is 4.39 Å². The van der Waals surface area contributed by atoms with Crippen molar-refractivity contribution >= 4 is 17.5 Å². The summed E-state index contributed by atoms with van der Waals surface area (Å²) in [5.74, 6) is -0.555. The Morgan fingerprint density at radius 3 is 2.62 bits per heavy atom. The summed E-state index contributed by atoms with van der Waals surface area (Å²) in [4.78, 5) is 24.7. The number of carbonyl (C=O) groups excluding carboxylic acids is 2. The summed E-state index contributed by atoms with van der Waals surface area (Å²) in [7, 11) is 0. The predicted molar refractivity (Wildman–Crippen MR) is 107 cm³/mol. The standard InChI is InChI=1S/C21H26FN5O2/c1-14(12-26-16(3)10-15(2)24-26)11-23-21(29)19-8-9-20(28)27(25-19)13-17-4-6-18(22)7-5-17/h4-7,10,14H,8-9,11-13H2,1-3H3,(H,23,29). The molecule has 0 spiro atoms. The highest BCUT2D eigenvalue weighted by molar-refractivity contribution is 6.39. The molecule has 1 aliphatic rings. The molecule has 1 aliphatic heterocycles. The smallest absolute Gasteiger partial charge is 0.267 e. The van der Waals surface area contributed by atoms with Gasteiger partial charge >= 0.3 is 0 Å². The Balaban J connectivity index is 1.56. The maximum atomic E-state index is 13.1. The predicted octanol–water partition coefficient (Wildman–Crippen LogP) is 2.57.